The maximum Gasteiger partial charge on any atom is 0.253 e. The van der Waals surface area contributed by atoms with Crippen LogP contribution in [0.15, 0.2) is 29.2 Å². The molecule has 1 aliphatic rings. The van der Waals surface area contributed by atoms with Gasteiger partial charge in [-0.1, -0.05) is 0 Å². The van der Waals surface area contributed by atoms with Gasteiger partial charge in [0.05, 0.1) is 29.9 Å². The lowest BCUT2D eigenvalue weighted by molar-refractivity contribution is 0.0762. The molecule has 1 aromatic rings. The maximum absolute atomic E-state index is 12.4. The zero-order valence-electron chi connectivity index (χ0n) is 13.1. The molecule has 0 spiro atoms. The number of amides is 1. The summed E-state index contributed by atoms with van der Waals surface area (Å²) in [6.45, 7) is 0.473. The quantitative estimate of drug-likeness (QED) is 0.764. The Bertz CT molecular complexity index is 753. The molecule has 0 radical (unpaired) electrons. The molecule has 0 aliphatic heterocycles. The molecule has 1 fully saturated rings. The van der Waals surface area contributed by atoms with Gasteiger partial charge in [-0.05, 0) is 37.1 Å². The van der Waals surface area contributed by atoms with Gasteiger partial charge in [0, 0.05) is 24.7 Å². The van der Waals surface area contributed by atoms with Crippen molar-refractivity contribution in [1.82, 2.24) is 9.62 Å². The normalized spacial score (nSPS) is 13.8. The summed E-state index contributed by atoms with van der Waals surface area (Å²) in [4.78, 5) is 14.0. The largest absolute Gasteiger partial charge is 0.337 e. The van der Waals surface area contributed by atoms with Crippen molar-refractivity contribution < 1.29 is 13.2 Å². The third-order valence-electron chi connectivity index (χ3n) is 3.58. The molecule has 126 valence electrons. The van der Waals surface area contributed by atoms with Crippen molar-refractivity contribution in [1.29, 1.82) is 10.5 Å². The Morgan fingerprint density at radius 3 is 2.12 bits per heavy atom. The Labute approximate surface area is 141 Å². The highest BCUT2D eigenvalue weighted by Crippen LogP contribution is 2.22. The monoisotopic (exact) mass is 346 g/mol. The van der Waals surface area contributed by atoms with Crippen LogP contribution in [0.1, 0.15) is 36.0 Å². The SMILES string of the molecule is N#CCCN(CCC#N)C(=O)c1ccc(S(=O)(=O)NC2CC2)cc1. The van der Waals surface area contributed by atoms with Gasteiger partial charge in [0.2, 0.25) is 10.0 Å². The third kappa shape index (κ3) is 4.79. The molecular weight excluding hydrogens is 328 g/mol. The zero-order valence-corrected chi connectivity index (χ0v) is 13.9. The van der Waals surface area contributed by atoms with Gasteiger partial charge >= 0.3 is 0 Å². The van der Waals surface area contributed by atoms with E-state index in [0.717, 1.165) is 12.8 Å². The average Bonchev–Trinajstić information content (AvgIpc) is 3.38. The first-order valence-electron chi connectivity index (χ1n) is 7.63. The zero-order chi connectivity index (χ0) is 17.6. The number of rotatable bonds is 8. The van der Waals surface area contributed by atoms with E-state index >= 15 is 0 Å². The van der Waals surface area contributed by atoms with Crippen LogP contribution < -0.4 is 4.72 Å². The van der Waals surface area contributed by atoms with Crippen molar-refractivity contribution in [3.63, 3.8) is 0 Å². The lowest BCUT2D eigenvalue weighted by Crippen LogP contribution is -2.32. The molecule has 2 rings (SSSR count). The molecule has 0 heterocycles. The summed E-state index contributed by atoms with van der Waals surface area (Å²) in [5.74, 6) is -0.320. The molecular formula is C16H18N4O3S. The lowest BCUT2D eigenvalue weighted by atomic mass is 10.2. The van der Waals surface area contributed by atoms with E-state index in [4.69, 9.17) is 10.5 Å². The second-order valence-electron chi connectivity index (χ2n) is 5.53. The van der Waals surface area contributed by atoms with Crippen molar-refractivity contribution in [3.8, 4) is 12.1 Å². The van der Waals surface area contributed by atoms with E-state index in [2.05, 4.69) is 4.72 Å². The van der Waals surface area contributed by atoms with E-state index in [-0.39, 0.29) is 42.8 Å². The Balaban J connectivity index is 2.11. The topological polar surface area (TPSA) is 114 Å². The molecule has 0 aromatic heterocycles. The number of nitrogens with zero attached hydrogens (tertiary/aromatic N) is 3. The summed E-state index contributed by atoms with van der Waals surface area (Å²) >= 11 is 0. The number of nitriles is 2. The van der Waals surface area contributed by atoms with Gasteiger partial charge in [0.25, 0.3) is 5.91 Å². The number of sulfonamides is 1. The van der Waals surface area contributed by atoms with Crippen molar-refractivity contribution in [2.24, 2.45) is 0 Å². The second kappa shape index (κ2) is 7.91. The van der Waals surface area contributed by atoms with Crippen LogP contribution in [-0.4, -0.2) is 38.4 Å². The molecule has 1 amide bonds. The molecule has 1 N–H and O–H groups in total. The van der Waals surface area contributed by atoms with Crippen LogP contribution >= 0.6 is 0 Å². The van der Waals surface area contributed by atoms with Crippen molar-refractivity contribution >= 4 is 15.9 Å². The second-order valence-corrected chi connectivity index (χ2v) is 7.24. The molecule has 1 aliphatic carbocycles. The Hall–Kier alpha value is -2.42. The first-order chi connectivity index (χ1) is 11.5. The fraction of sp³-hybridized carbons (Fsp3) is 0.438. The van der Waals surface area contributed by atoms with Gasteiger partial charge in [-0.3, -0.25) is 4.79 Å². The fourth-order valence-electron chi connectivity index (χ4n) is 2.13. The Kier molecular flexibility index (Phi) is 5.91. The molecule has 0 atom stereocenters. The fourth-order valence-corrected chi connectivity index (χ4v) is 3.44. The van der Waals surface area contributed by atoms with Gasteiger partial charge in [-0.15, -0.1) is 0 Å². The van der Waals surface area contributed by atoms with E-state index in [0.29, 0.717) is 5.56 Å². The predicted octanol–water partition coefficient (Wildman–Crippen LogP) is 1.40. The first kappa shape index (κ1) is 17.9. The molecule has 1 saturated carbocycles. The Morgan fingerprint density at radius 1 is 1.12 bits per heavy atom. The number of hydrogen-bond acceptors (Lipinski definition) is 5. The number of nitrogens with one attached hydrogen (secondary N) is 1. The maximum atomic E-state index is 12.4. The summed E-state index contributed by atoms with van der Waals surface area (Å²) in [6, 6.07) is 9.65. The number of carbonyl (C=O) groups excluding carboxylic acids is 1. The van der Waals surface area contributed by atoms with Gasteiger partial charge in [-0.2, -0.15) is 10.5 Å². The van der Waals surface area contributed by atoms with Crippen LogP contribution in [0.2, 0.25) is 0 Å². The van der Waals surface area contributed by atoms with Crippen LogP contribution in [0.4, 0.5) is 0 Å². The van der Waals surface area contributed by atoms with Crippen molar-refractivity contribution in [2.75, 3.05) is 13.1 Å². The number of carbonyl (C=O) groups is 1. The number of benzene rings is 1. The van der Waals surface area contributed by atoms with Gasteiger partial charge in [0.15, 0.2) is 0 Å². The first-order valence-corrected chi connectivity index (χ1v) is 9.12. The Morgan fingerprint density at radius 2 is 1.67 bits per heavy atom. The lowest BCUT2D eigenvalue weighted by Gasteiger charge is -2.20. The molecule has 24 heavy (non-hydrogen) atoms. The summed E-state index contributed by atoms with van der Waals surface area (Å²) < 4.78 is 26.8. The highest BCUT2D eigenvalue weighted by molar-refractivity contribution is 7.89. The van der Waals surface area contributed by atoms with E-state index in [9.17, 15) is 13.2 Å². The predicted molar refractivity (Wildman–Crippen MR) is 86.1 cm³/mol. The van der Waals surface area contributed by atoms with E-state index < -0.39 is 10.0 Å². The molecule has 8 heteroatoms. The van der Waals surface area contributed by atoms with Crippen LogP contribution in [0, 0.1) is 22.7 Å². The van der Waals surface area contributed by atoms with E-state index in [1.165, 1.54) is 29.2 Å². The molecule has 0 saturated heterocycles. The van der Waals surface area contributed by atoms with Crippen molar-refractivity contribution in [2.45, 2.75) is 36.6 Å². The van der Waals surface area contributed by atoms with Crippen LogP contribution in [0.5, 0.6) is 0 Å². The summed E-state index contributed by atoms with van der Waals surface area (Å²) in [7, 11) is -3.55. The van der Waals surface area contributed by atoms with Gasteiger partial charge in [-0.25, -0.2) is 13.1 Å². The highest BCUT2D eigenvalue weighted by Gasteiger charge is 2.28. The van der Waals surface area contributed by atoms with E-state index in [1.807, 2.05) is 12.1 Å². The summed E-state index contributed by atoms with van der Waals surface area (Å²) in [5.41, 5.74) is 0.330. The van der Waals surface area contributed by atoms with Crippen LogP contribution in [0.25, 0.3) is 0 Å². The van der Waals surface area contributed by atoms with Gasteiger partial charge in [0.1, 0.15) is 0 Å². The minimum Gasteiger partial charge on any atom is -0.337 e. The third-order valence-corrected chi connectivity index (χ3v) is 5.12. The number of hydrogen-bond donors (Lipinski definition) is 1. The van der Waals surface area contributed by atoms with Gasteiger partial charge < -0.3 is 4.90 Å². The standard InChI is InChI=1S/C16H18N4O3S/c17-9-1-11-20(12-2-10-18)16(21)13-3-7-15(8-4-13)24(22,23)19-14-5-6-14/h3-4,7-8,14,19H,1-2,5-6,11-12H2. The minimum absolute atomic E-state index is 0.0174. The van der Waals surface area contributed by atoms with Crippen LogP contribution in [0.3, 0.4) is 0 Å². The minimum atomic E-state index is -3.55. The summed E-state index contributed by atoms with van der Waals surface area (Å²) in [5, 5.41) is 17.3. The van der Waals surface area contributed by atoms with E-state index in [1.54, 1.807) is 0 Å². The highest BCUT2D eigenvalue weighted by atomic mass is 32.2. The molecule has 0 bridgehead atoms. The average molecular weight is 346 g/mol. The molecule has 0 unspecified atom stereocenters. The molecule has 1 aromatic carbocycles. The smallest absolute Gasteiger partial charge is 0.253 e. The molecule has 7 nitrogen and oxygen atoms in total. The summed E-state index contributed by atoms with van der Waals surface area (Å²) in [6.07, 6.45) is 2.05. The van der Waals surface area contributed by atoms with Crippen LogP contribution in [-0.2, 0) is 10.0 Å². The van der Waals surface area contributed by atoms with Crippen molar-refractivity contribution in [3.05, 3.63) is 29.8 Å².